The number of carbonyl (C=O) groups excluding carboxylic acids is 1. The number of hydrogen-bond acceptors (Lipinski definition) is 6. The number of thiocarbonyl (C=S) groups is 1. The van der Waals surface area contributed by atoms with E-state index in [9.17, 15) is 4.79 Å². The third-order valence-electron chi connectivity index (χ3n) is 5.30. The Balaban J connectivity index is 1.66. The van der Waals surface area contributed by atoms with Crippen molar-refractivity contribution in [1.82, 2.24) is 14.7 Å². The lowest BCUT2D eigenvalue weighted by atomic mass is 10.1. The molecule has 3 aromatic rings. The largest absolute Gasteiger partial charge is 0.491 e. The smallest absolute Gasteiger partial charge is 0.266 e. The molecule has 4 rings (SSSR count). The van der Waals surface area contributed by atoms with Gasteiger partial charge in [0.25, 0.3) is 5.91 Å². The van der Waals surface area contributed by atoms with Crippen LogP contribution in [0.15, 0.2) is 65.7 Å². The first kappa shape index (κ1) is 25.2. The van der Waals surface area contributed by atoms with Crippen molar-refractivity contribution in [2.24, 2.45) is 0 Å². The number of aromatic nitrogens is 2. The van der Waals surface area contributed by atoms with Crippen molar-refractivity contribution in [1.29, 1.82) is 0 Å². The number of hydrogen-bond donors (Lipinski definition) is 0. The summed E-state index contributed by atoms with van der Waals surface area (Å²) in [6.45, 7) is 7.78. The van der Waals surface area contributed by atoms with Gasteiger partial charge >= 0.3 is 0 Å². The first-order valence-corrected chi connectivity index (χ1v) is 12.9. The zero-order valence-electron chi connectivity index (χ0n) is 20.1. The molecule has 1 saturated heterocycles. The van der Waals surface area contributed by atoms with Gasteiger partial charge in [-0.1, -0.05) is 42.2 Å². The highest BCUT2D eigenvalue weighted by Crippen LogP contribution is 2.35. The molecule has 1 fully saturated rings. The van der Waals surface area contributed by atoms with Gasteiger partial charge in [0.15, 0.2) is 0 Å². The Morgan fingerprint density at radius 2 is 1.86 bits per heavy atom. The minimum absolute atomic E-state index is 0.0735. The molecule has 0 radical (unpaired) electrons. The van der Waals surface area contributed by atoms with Crippen molar-refractivity contribution in [2.45, 2.75) is 33.3 Å². The van der Waals surface area contributed by atoms with Gasteiger partial charge in [-0.15, -0.1) is 0 Å². The molecule has 1 aliphatic rings. The Hall–Kier alpha value is -2.94. The summed E-state index contributed by atoms with van der Waals surface area (Å²) in [5.74, 6) is 0.733. The van der Waals surface area contributed by atoms with Crippen LogP contribution < -0.4 is 4.74 Å². The first-order valence-electron chi connectivity index (χ1n) is 11.7. The molecule has 6 nitrogen and oxygen atoms in total. The molecular formula is C27H29N3O3S2. The summed E-state index contributed by atoms with van der Waals surface area (Å²) in [4.78, 5) is 15.4. The third kappa shape index (κ3) is 6.20. The lowest BCUT2D eigenvalue weighted by molar-refractivity contribution is -0.122. The van der Waals surface area contributed by atoms with Crippen LogP contribution in [0.4, 0.5) is 0 Å². The lowest BCUT2D eigenvalue weighted by Gasteiger charge is -2.13. The molecule has 1 amide bonds. The van der Waals surface area contributed by atoms with E-state index in [4.69, 9.17) is 26.8 Å². The maximum absolute atomic E-state index is 13.1. The minimum Gasteiger partial charge on any atom is -0.491 e. The average Bonchev–Trinajstić information content (AvgIpc) is 3.38. The fraction of sp³-hybridized carbons (Fsp3) is 0.296. The number of carbonyl (C=O) groups is 1. The fourth-order valence-corrected chi connectivity index (χ4v) is 5.00. The molecular weight excluding hydrogens is 478 g/mol. The van der Waals surface area contributed by atoms with Crippen molar-refractivity contribution in [3.05, 3.63) is 71.3 Å². The summed E-state index contributed by atoms with van der Waals surface area (Å²) in [6.07, 6.45) is 4.69. The van der Waals surface area contributed by atoms with Crippen molar-refractivity contribution >= 4 is 40.3 Å². The van der Waals surface area contributed by atoms with Crippen LogP contribution >= 0.6 is 24.0 Å². The summed E-state index contributed by atoms with van der Waals surface area (Å²) in [5.41, 5.74) is 3.51. The zero-order valence-corrected chi connectivity index (χ0v) is 21.8. The zero-order chi connectivity index (χ0) is 24.8. The second-order valence-electron chi connectivity index (χ2n) is 8.29. The lowest BCUT2D eigenvalue weighted by Crippen LogP contribution is -2.29. The van der Waals surface area contributed by atoms with Gasteiger partial charge in [0.1, 0.15) is 10.1 Å². The van der Waals surface area contributed by atoms with E-state index in [1.165, 1.54) is 11.8 Å². The van der Waals surface area contributed by atoms with Crippen LogP contribution in [0, 0.1) is 0 Å². The van der Waals surface area contributed by atoms with Crippen molar-refractivity contribution in [3.63, 3.8) is 0 Å². The molecule has 35 heavy (non-hydrogen) atoms. The van der Waals surface area contributed by atoms with Crippen molar-refractivity contribution in [2.75, 3.05) is 19.8 Å². The highest BCUT2D eigenvalue weighted by molar-refractivity contribution is 8.26. The van der Waals surface area contributed by atoms with Crippen LogP contribution in [0.3, 0.4) is 0 Å². The molecule has 0 saturated carbocycles. The molecule has 0 aliphatic carbocycles. The van der Waals surface area contributed by atoms with E-state index in [1.54, 1.807) is 4.90 Å². The number of ether oxygens (including phenoxy) is 2. The molecule has 0 N–H and O–H groups in total. The second kappa shape index (κ2) is 11.7. The van der Waals surface area contributed by atoms with Gasteiger partial charge in [0.05, 0.1) is 22.4 Å². The Morgan fingerprint density at radius 1 is 1.11 bits per heavy atom. The minimum atomic E-state index is -0.0735. The number of benzene rings is 2. The monoisotopic (exact) mass is 507 g/mol. The van der Waals surface area contributed by atoms with Gasteiger partial charge in [0.2, 0.25) is 0 Å². The van der Waals surface area contributed by atoms with E-state index in [1.807, 2.05) is 92.3 Å². The van der Waals surface area contributed by atoms with Gasteiger partial charge in [-0.3, -0.25) is 9.69 Å². The topological polar surface area (TPSA) is 56.6 Å². The van der Waals surface area contributed by atoms with E-state index < -0.39 is 0 Å². The van der Waals surface area contributed by atoms with Crippen molar-refractivity contribution in [3.8, 4) is 22.7 Å². The van der Waals surface area contributed by atoms with Crippen molar-refractivity contribution < 1.29 is 14.3 Å². The van der Waals surface area contributed by atoms with Crippen LogP contribution in [0.25, 0.3) is 23.0 Å². The molecule has 1 aromatic heterocycles. The maximum Gasteiger partial charge on any atom is 0.266 e. The van der Waals surface area contributed by atoms with Crippen LogP contribution in [0.1, 0.15) is 32.8 Å². The summed E-state index contributed by atoms with van der Waals surface area (Å²) in [7, 11) is 0. The average molecular weight is 508 g/mol. The van der Waals surface area contributed by atoms with Gasteiger partial charge in [-0.25, -0.2) is 4.68 Å². The van der Waals surface area contributed by atoms with E-state index >= 15 is 0 Å². The first-order chi connectivity index (χ1) is 17.0. The highest BCUT2D eigenvalue weighted by atomic mass is 32.2. The normalized spacial score (nSPS) is 15.0. The Labute approximate surface area is 215 Å². The summed E-state index contributed by atoms with van der Waals surface area (Å²) in [6, 6.07) is 17.8. The fourth-order valence-electron chi connectivity index (χ4n) is 3.70. The maximum atomic E-state index is 13.1. The van der Waals surface area contributed by atoms with Crippen LogP contribution in [-0.2, 0) is 9.53 Å². The number of para-hydroxylation sites is 1. The third-order valence-corrected chi connectivity index (χ3v) is 6.68. The molecule has 0 unspecified atom stereocenters. The molecule has 8 heteroatoms. The summed E-state index contributed by atoms with van der Waals surface area (Å²) in [5, 5.41) is 4.86. The van der Waals surface area contributed by atoms with E-state index in [0.717, 1.165) is 34.7 Å². The molecule has 182 valence electrons. The SMILES string of the molecule is CCOCCCN1C(=O)C(=Cc2cn(-c3ccccc3)nc2-c2ccc(OC(C)C)cc2)SC1=S. The predicted octanol–water partition coefficient (Wildman–Crippen LogP) is 5.95. The van der Waals surface area contributed by atoms with Gasteiger partial charge in [0, 0.05) is 37.1 Å². The predicted molar refractivity (Wildman–Crippen MR) is 146 cm³/mol. The second-order valence-corrected chi connectivity index (χ2v) is 9.96. The Bertz CT molecular complexity index is 1200. The molecule has 0 atom stereocenters. The van der Waals surface area contributed by atoms with E-state index in [0.29, 0.717) is 29.0 Å². The molecule has 0 spiro atoms. The molecule has 2 heterocycles. The highest BCUT2D eigenvalue weighted by Gasteiger charge is 2.32. The van der Waals surface area contributed by atoms with E-state index in [2.05, 4.69) is 0 Å². The number of thioether (sulfide) groups is 1. The van der Waals surface area contributed by atoms with Crippen LogP contribution in [-0.4, -0.2) is 50.8 Å². The standard InChI is InChI=1S/C27H29N3O3S2/c1-4-32-16-8-15-29-26(31)24(35-27(29)34)17-21-18-30(22-9-6-5-7-10-22)28-25(21)20-11-13-23(14-12-20)33-19(2)3/h5-7,9-14,17-19H,4,8,15-16H2,1-3H3. The van der Waals surface area contributed by atoms with Gasteiger partial charge in [-0.2, -0.15) is 5.10 Å². The quantitative estimate of drug-likeness (QED) is 0.192. The molecule has 0 bridgehead atoms. The van der Waals surface area contributed by atoms with E-state index in [-0.39, 0.29) is 12.0 Å². The van der Waals surface area contributed by atoms with Crippen LogP contribution in [0.2, 0.25) is 0 Å². The van der Waals surface area contributed by atoms with Gasteiger partial charge < -0.3 is 9.47 Å². The number of rotatable bonds is 10. The molecule has 1 aliphatic heterocycles. The Morgan fingerprint density at radius 3 is 2.54 bits per heavy atom. The Kier molecular flexibility index (Phi) is 8.38. The summed E-state index contributed by atoms with van der Waals surface area (Å²) < 4.78 is 13.6. The number of nitrogens with zero attached hydrogens (tertiary/aromatic N) is 3. The number of amides is 1. The molecule has 2 aromatic carbocycles. The summed E-state index contributed by atoms with van der Waals surface area (Å²) >= 11 is 6.83. The van der Waals surface area contributed by atoms with Crippen LogP contribution in [0.5, 0.6) is 5.75 Å². The van der Waals surface area contributed by atoms with Gasteiger partial charge in [-0.05, 0) is 69.7 Å².